The average Bonchev–Trinajstić information content (AvgIpc) is 3.20. The summed E-state index contributed by atoms with van der Waals surface area (Å²) in [6.45, 7) is 2.77. The van der Waals surface area contributed by atoms with Crippen molar-refractivity contribution < 1.29 is 9.18 Å². The first kappa shape index (κ1) is 15.9. The lowest BCUT2D eigenvalue weighted by Gasteiger charge is -2.25. The molecule has 0 aliphatic heterocycles. The van der Waals surface area contributed by atoms with Gasteiger partial charge in [0.05, 0.1) is 0 Å². The summed E-state index contributed by atoms with van der Waals surface area (Å²) in [5.41, 5.74) is 6.51. The van der Waals surface area contributed by atoms with Crippen LogP contribution in [0, 0.1) is 11.7 Å². The van der Waals surface area contributed by atoms with Crippen LogP contribution < -0.4 is 5.73 Å². The van der Waals surface area contributed by atoms with E-state index in [0.717, 1.165) is 18.4 Å². The fraction of sp³-hybridized carbons (Fsp3) is 0.500. The van der Waals surface area contributed by atoms with Gasteiger partial charge in [0.25, 0.3) is 0 Å². The molecule has 1 aromatic rings. The Kier molecular flexibility index (Phi) is 5.76. The predicted molar refractivity (Wildman–Crippen MR) is 75.4 cm³/mol. The van der Waals surface area contributed by atoms with Crippen molar-refractivity contribution in [2.45, 2.75) is 32.4 Å². The Bertz CT molecular complexity index is 420. The maximum Gasteiger partial charge on any atom is 0.227 e. The fourth-order valence-corrected chi connectivity index (χ4v) is 1.94. The van der Waals surface area contributed by atoms with Crippen molar-refractivity contribution in [2.24, 2.45) is 11.7 Å². The van der Waals surface area contributed by atoms with Crippen LogP contribution in [-0.4, -0.2) is 23.4 Å². The van der Waals surface area contributed by atoms with Crippen molar-refractivity contribution >= 4 is 18.3 Å². The lowest BCUT2D eigenvalue weighted by molar-refractivity contribution is -0.135. The summed E-state index contributed by atoms with van der Waals surface area (Å²) in [4.78, 5) is 14.1. The second-order valence-electron chi connectivity index (χ2n) is 4.96. The van der Waals surface area contributed by atoms with Crippen LogP contribution in [0.25, 0.3) is 0 Å². The van der Waals surface area contributed by atoms with Crippen LogP contribution in [0.1, 0.15) is 25.3 Å². The molecule has 1 saturated carbocycles. The number of carbonyl (C=O) groups is 1. The van der Waals surface area contributed by atoms with E-state index in [4.69, 9.17) is 5.73 Å². The molecule has 3 nitrogen and oxygen atoms in total. The summed E-state index contributed by atoms with van der Waals surface area (Å²) in [7, 11) is 0. The minimum atomic E-state index is -0.252. The van der Waals surface area contributed by atoms with Crippen LogP contribution in [-0.2, 0) is 11.3 Å². The third-order valence-electron chi connectivity index (χ3n) is 3.31. The summed E-state index contributed by atoms with van der Waals surface area (Å²) in [6.07, 6.45) is 2.12. The first-order valence-electron chi connectivity index (χ1n) is 6.37. The summed E-state index contributed by atoms with van der Waals surface area (Å²) in [5, 5.41) is 0. The van der Waals surface area contributed by atoms with Gasteiger partial charge in [0.15, 0.2) is 0 Å². The molecule has 1 fully saturated rings. The monoisotopic (exact) mass is 286 g/mol. The smallest absolute Gasteiger partial charge is 0.227 e. The van der Waals surface area contributed by atoms with Crippen LogP contribution in [0.4, 0.5) is 4.39 Å². The molecule has 5 heteroatoms. The number of nitrogens with zero attached hydrogens (tertiary/aromatic N) is 1. The molecule has 0 saturated heterocycles. The Labute approximate surface area is 119 Å². The molecular weight excluding hydrogens is 267 g/mol. The first-order chi connectivity index (χ1) is 8.61. The standard InChI is InChI=1S/C14H19FN2O.ClH/c1-10(8-16)14(18)17(13-6-7-13)9-11-2-4-12(15)5-3-11;/h2-5,10,13H,6-9,16H2,1H3;1H. The lowest BCUT2D eigenvalue weighted by Crippen LogP contribution is -2.38. The Morgan fingerprint density at radius 2 is 2.00 bits per heavy atom. The highest BCUT2D eigenvalue weighted by atomic mass is 35.5. The third kappa shape index (κ3) is 4.18. The lowest BCUT2D eigenvalue weighted by atomic mass is 10.1. The van der Waals surface area contributed by atoms with E-state index in [1.54, 1.807) is 12.1 Å². The molecule has 1 unspecified atom stereocenters. The van der Waals surface area contributed by atoms with Gasteiger partial charge in [-0.15, -0.1) is 12.4 Å². The average molecular weight is 287 g/mol. The molecule has 0 radical (unpaired) electrons. The zero-order valence-corrected chi connectivity index (χ0v) is 11.8. The molecule has 1 atom stereocenters. The maximum atomic E-state index is 12.8. The van der Waals surface area contributed by atoms with E-state index in [2.05, 4.69) is 0 Å². The van der Waals surface area contributed by atoms with Crippen molar-refractivity contribution in [3.8, 4) is 0 Å². The summed E-state index contributed by atoms with van der Waals surface area (Å²) in [6, 6.07) is 6.65. The van der Waals surface area contributed by atoms with Gasteiger partial charge in [-0.2, -0.15) is 0 Å². The molecule has 0 aromatic heterocycles. The number of benzene rings is 1. The quantitative estimate of drug-likeness (QED) is 0.903. The van der Waals surface area contributed by atoms with E-state index in [9.17, 15) is 9.18 Å². The molecule has 1 amide bonds. The van der Waals surface area contributed by atoms with Gasteiger partial charge in [0, 0.05) is 25.0 Å². The number of carbonyl (C=O) groups excluding carboxylic acids is 1. The molecule has 2 rings (SSSR count). The van der Waals surface area contributed by atoms with Gasteiger partial charge in [-0.3, -0.25) is 4.79 Å². The van der Waals surface area contributed by atoms with Crippen LogP contribution >= 0.6 is 12.4 Å². The normalized spacial score (nSPS) is 15.5. The van der Waals surface area contributed by atoms with E-state index in [-0.39, 0.29) is 30.0 Å². The Balaban J connectivity index is 0.00000180. The van der Waals surface area contributed by atoms with E-state index < -0.39 is 0 Å². The molecular formula is C14H20ClFN2O. The summed E-state index contributed by atoms with van der Waals surface area (Å²) < 4.78 is 12.8. The minimum absolute atomic E-state index is 0. The number of nitrogens with two attached hydrogens (primary N) is 1. The van der Waals surface area contributed by atoms with Crippen LogP contribution in [0.5, 0.6) is 0 Å². The Morgan fingerprint density at radius 3 is 2.47 bits per heavy atom. The molecule has 0 heterocycles. The highest BCUT2D eigenvalue weighted by molar-refractivity contribution is 5.85. The third-order valence-corrected chi connectivity index (χ3v) is 3.31. The zero-order valence-electron chi connectivity index (χ0n) is 11.0. The Hall–Kier alpha value is -1.13. The largest absolute Gasteiger partial charge is 0.335 e. The van der Waals surface area contributed by atoms with Crippen molar-refractivity contribution in [3.63, 3.8) is 0 Å². The van der Waals surface area contributed by atoms with E-state index >= 15 is 0 Å². The molecule has 1 aliphatic carbocycles. The van der Waals surface area contributed by atoms with Gasteiger partial charge in [-0.1, -0.05) is 19.1 Å². The molecule has 106 valence electrons. The summed E-state index contributed by atoms with van der Waals surface area (Å²) in [5.74, 6) is -0.297. The van der Waals surface area contributed by atoms with E-state index in [0.29, 0.717) is 19.1 Å². The van der Waals surface area contributed by atoms with Gasteiger partial charge in [-0.05, 0) is 30.5 Å². The van der Waals surface area contributed by atoms with Gasteiger partial charge in [0.2, 0.25) is 5.91 Å². The van der Waals surface area contributed by atoms with Crippen molar-refractivity contribution in [1.29, 1.82) is 0 Å². The summed E-state index contributed by atoms with van der Waals surface area (Å²) >= 11 is 0. The van der Waals surface area contributed by atoms with Crippen molar-refractivity contribution in [2.75, 3.05) is 6.54 Å². The highest BCUT2D eigenvalue weighted by Crippen LogP contribution is 2.29. The fourth-order valence-electron chi connectivity index (χ4n) is 1.94. The second-order valence-corrected chi connectivity index (χ2v) is 4.96. The van der Waals surface area contributed by atoms with Gasteiger partial charge in [0.1, 0.15) is 5.82 Å². The van der Waals surface area contributed by atoms with Crippen LogP contribution in [0.2, 0.25) is 0 Å². The Morgan fingerprint density at radius 1 is 1.42 bits per heavy atom. The number of halogens is 2. The zero-order chi connectivity index (χ0) is 13.1. The van der Waals surface area contributed by atoms with Gasteiger partial charge in [-0.25, -0.2) is 4.39 Å². The second kappa shape index (κ2) is 6.87. The topological polar surface area (TPSA) is 46.3 Å². The number of amides is 1. The van der Waals surface area contributed by atoms with Crippen LogP contribution in [0.15, 0.2) is 24.3 Å². The molecule has 1 aromatic carbocycles. The predicted octanol–water partition coefficient (Wildman–Crippen LogP) is 2.33. The van der Waals surface area contributed by atoms with Crippen molar-refractivity contribution in [1.82, 2.24) is 4.90 Å². The maximum absolute atomic E-state index is 12.8. The number of hydrogen-bond donors (Lipinski definition) is 1. The molecule has 0 spiro atoms. The minimum Gasteiger partial charge on any atom is -0.335 e. The number of rotatable bonds is 5. The van der Waals surface area contributed by atoms with E-state index in [1.807, 2.05) is 11.8 Å². The molecule has 0 bridgehead atoms. The van der Waals surface area contributed by atoms with Crippen LogP contribution in [0.3, 0.4) is 0 Å². The molecule has 19 heavy (non-hydrogen) atoms. The number of hydrogen-bond acceptors (Lipinski definition) is 2. The SMILES string of the molecule is CC(CN)C(=O)N(Cc1ccc(F)cc1)C1CC1.Cl. The van der Waals surface area contributed by atoms with Gasteiger partial charge < -0.3 is 10.6 Å². The first-order valence-corrected chi connectivity index (χ1v) is 6.37. The highest BCUT2D eigenvalue weighted by Gasteiger charge is 2.34. The molecule has 1 aliphatic rings. The van der Waals surface area contributed by atoms with Crippen molar-refractivity contribution in [3.05, 3.63) is 35.6 Å². The molecule has 2 N–H and O–H groups in total. The van der Waals surface area contributed by atoms with E-state index in [1.165, 1.54) is 12.1 Å². The van der Waals surface area contributed by atoms with Gasteiger partial charge >= 0.3 is 0 Å².